The first-order valence-corrected chi connectivity index (χ1v) is 6.43. The van der Waals surface area contributed by atoms with Gasteiger partial charge in [0.15, 0.2) is 0 Å². The van der Waals surface area contributed by atoms with Gasteiger partial charge in [0, 0.05) is 23.1 Å². The zero-order chi connectivity index (χ0) is 11.8. The van der Waals surface area contributed by atoms with Crippen LogP contribution < -0.4 is 10.1 Å². The third-order valence-corrected chi connectivity index (χ3v) is 3.28. The highest BCUT2D eigenvalue weighted by Crippen LogP contribution is 2.34. The van der Waals surface area contributed by atoms with Crippen LogP contribution in [0.15, 0.2) is 22.7 Å². The summed E-state index contributed by atoms with van der Waals surface area (Å²) in [5, 5.41) is 3.22. The molecule has 0 unspecified atom stereocenters. The van der Waals surface area contributed by atoms with Gasteiger partial charge >= 0.3 is 0 Å². The van der Waals surface area contributed by atoms with E-state index in [-0.39, 0.29) is 5.41 Å². The maximum Gasteiger partial charge on any atom is 0.123 e. The quantitative estimate of drug-likeness (QED) is 0.901. The van der Waals surface area contributed by atoms with E-state index in [1.54, 1.807) is 0 Å². The van der Waals surface area contributed by atoms with E-state index >= 15 is 0 Å². The van der Waals surface area contributed by atoms with Crippen LogP contribution in [0.3, 0.4) is 0 Å². The molecular formula is C13H18BrNO. The molecule has 0 atom stereocenters. The van der Waals surface area contributed by atoms with E-state index in [2.05, 4.69) is 54.2 Å². The van der Waals surface area contributed by atoms with Gasteiger partial charge in [0.05, 0.1) is 0 Å². The van der Waals surface area contributed by atoms with Crippen LogP contribution in [0.5, 0.6) is 5.75 Å². The van der Waals surface area contributed by atoms with Gasteiger partial charge in [-0.3, -0.25) is 0 Å². The van der Waals surface area contributed by atoms with Crippen molar-refractivity contribution in [3.05, 3.63) is 28.2 Å². The lowest BCUT2D eigenvalue weighted by atomic mass is 9.86. The van der Waals surface area contributed by atoms with Crippen molar-refractivity contribution in [2.24, 2.45) is 0 Å². The summed E-state index contributed by atoms with van der Waals surface area (Å²) in [6.07, 6.45) is 0.335. The van der Waals surface area contributed by atoms with E-state index in [0.29, 0.717) is 6.10 Å². The molecule has 3 heteroatoms. The highest BCUT2D eigenvalue weighted by atomic mass is 79.9. The van der Waals surface area contributed by atoms with Crippen LogP contribution in [0.4, 0.5) is 0 Å². The predicted molar refractivity (Wildman–Crippen MR) is 70.1 cm³/mol. The highest BCUT2D eigenvalue weighted by molar-refractivity contribution is 9.10. The molecule has 16 heavy (non-hydrogen) atoms. The summed E-state index contributed by atoms with van der Waals surface area (Å²) in [5.74, 6) is 1.02. The molecule has 1 aromatic carbocycles. The van der Waals surface area contributed by atoms with Crippen molar-refractivity contribution >= 4 is 15.9 Å². The molecule has 0 amide bonds. The number of nitrogens with one attached hydrogen (secondary N) is 1. The van der Waals surface area contributed by atoms with E-state index in [1.807, 2.05) is 6.07 Å². The van der Waals surface area contributed by atoms with Crippen LogP contribution >= 0.6 is 15.9 Å². The molecule has 1 N–H and O–H groups in total. The van der Waals surface area contributed by atoms with Crippen molar-refractivity contribution < 1.29 is 4.74 Å². The van der Waals surface area contributed by atoms with Gasteiger partial charge in [0.1, 0.15) is 11.9 Å². The van der Waals surface area contributed by atoms with Crippen LogP contribution in [0.1, 0.15) is 26.3 Å². The Bertz CT molecular complexity index is 380. The summed E-state index contributed by atoms with van der Waals surface area (Å²) in [7, 11) is 0. The Labute approximate surface area is 106 Å². The van der Waals surface area contributed by atoms with E-state index in [1.165, 1.54) is 5.56 Å². The molecule has 0 aliphatic carbocycles. The van der Waals surface area contributed by atoms with Crippen molar-refractivity contribution in [2.45, 2.75) is 32.3 Å². The summed E-state index contributed by atoms with van der Waals surface area (Å²) in [4.78, 5) is 0. The SMILES string of the molecule is CC(C)(C)c1cc(Br)ccc1OC1CNC1. The number of halogens is 1. The normalized spacial score (nSPS) is 17.0. The van der Waals surface area contributed by atoms with Crippen LogP contribution in [-0.2, 0) is 5.41 Å². The summed E-state index contributed by atoms with van der Waals surface area (Å²) in [6, 6.07) is 6.25. The van der Waals surface area contributed by atoms with Gasteiger partial charge in [0.25, 0.3) is 0 Å². The van der Waals surface area contributed by atoms with Gasteiger partial charge in [-0.1, -0.05) is 36.7 Å². The van der Waals surface area contributed by atoms with Gasteiger partial charge in [-0.05, 0) is 23.6 Å². The molecule has 1 aromatic rings. The molecule has 0 spiro atoms. The Hall–Kier alpha value is -0.540. The van der Waals surface area contributed by atoms with Crippen molar-refractivity contribution in [1.82, 2.24) is 5.32 Å². The average molecular weight is 284 g/mol. The molecule has 1 aliphatic rings. The van der Waals surface area contributed by atoms with Crippen molar-refractivity contribution in [3.63, 3.8) is 0 Å². The molecule has 0 bridgehead atoms. The summed E-state index contributed by atoms with van der Waals surface area (Å²) in [6.45, 7) is 8.54. The number of ether oxygens (including phenoxy) is 1. The first-order chi connectivity index (χ1) is 7.47. The average Bonchev–Trinajstić information content (AvgIpc) is 2.11. The van der Waals surface area contributed by atoms with Crippen molar-refractivity contribution in [2.75, 3.05) is 13.1 Å². The van der Waals surface area contributed by atoms with E-state index in [9.17, 15) is 0 Å². The summed E-state index contributed by atoms with van der Waals surface area (Å²) >= 11 is 3.52. The van der Waals surface area contributed by atoms with Crippen LogP contribution in [0, 0.1) is 0 Å². The fraction of sp³-hybridized carbons (Fsp3) is 0.538. The minimum atomic E-state index is 0.107. The van der Waals surface area contributed by atoms with Gasteiger partial charge in [-0.15, -0.1) is 0 Å². The Morgan fingerprint density at radius 3 is 2.50 bits per heavy atom. The van der Waals surface area contributed by atoms with Crippen LogP contribution in [0.2, 0.25) is 0 Å². The fourth-order valence-corrected chi connectivity index (χ4v) is 2.08. The number of rotatable bonds is 2. The highest BCUT2D eigenvalue weighted by Gasteiger charge is 2.24. The molecule has 2 rings (SSSR count). The first kappa shape index (κ1) is 11.9. The second-order valence-corrected chi connectivity index (χ2v) is 6.20. The zero-order valence-corrected chi connectivity index (χ0v) is 11.6. The van der Waals surface area contributed by atoms with Gasteiger partial charge < -0.3 is 10.1 Å². The minimum absolute atomic E-state index is 0.107. The summed E-state index contributed by atoms with van der Waals surface area (Å²) in [5.41, 5.74) is 1.37. The number of hydrogen-bond donors (Lipinski definition) is 1. The Balaban J connectivity index is 2.28. The lowest BCUT2D eigenvalue weighted by Crippen LogP contribution is -2.50. The molecular weight excluding hydrogens is 266 g/mol. The monoisotopic (exact) mass is 283 g/mol. The molecule has 1 heterocycles. The van der Waals surface area contributed by atoms with Gasteiger partial charge in [-0.25, -0.2) is 0 Å². The van der Waals surface area contributed by atoms with Crippen LogP contribution in [0.25, 0.3) is 0 Å². The second kappa shape index (κ2) is 4.38. The molecule has 2 nitrogen and oxygen atoms in total. The van der Waals surface area contributed by atoms with E-state index in [4.69, 9.17) is 4.74 Å². The van der Waals surface area contributed by atoms with E-state index in [0.717, 1.165) is 23.3 Å². The third-order valence-electron chi connectivity index (χ3n) is 2.79. The Morgan fingerprint density at radius 2 is 2.00 bits per heavy atom. The molecule has 1 saturated heterocycles. The van der Waals surface area contributed by atoms with E-state index < -0.39 is 0 Å². The fourth-order valence-electron chi connectivity index (χ4n) is 1.72. The van der Waals surface area contributed by atoms with Gasteiger partial charge in [0.2, 0.25) is 0 Å². The molecule has 1 aliphatic heterocycles. The molecule has 0 radical (unpaired) electrons. The standard InChI is InChI=1S/C13H18BrNO/c1-13(2,3)11-6-9(14)4-5-12(11)16-10-7-15-8-10/h4-6,10,15H,7-8H2,1-3H3. The molecule has 88 valence electrons. The predicted octanol–water partition coefficient (Wildman–Crippen LogP) is 3.10. The summed E-state index contributed by atoms with van der Waals surface area (Å²) < 4.78 is 7.09. The Kier molecular flexibility index (Phi) is 3.27. The van der Waals surface area contributed by atoms with Crippen LogP contribution in [-0.4, -0.2) is 19.2 Å². The molecule has 1 fully saturated rings. The topological polar surface area (TPSA) is 21.3 Å². The Morgan fingerprint density at radius 1 is 1.31 bits per heavy atom. The van der Waals surface area contributed by atoms with Crippen molar-refractivity contribution in [1.29, 1.82) is 0 Å². The number of hydrogen-bond acceptors (Lipinski definition) is 2. The lowest BCUT2D eigenvalue weighted by molar-refractivity contribution is 0.139. The maximum absolute atomic E-state index is 5.98. The molecule has 0 saturated carbocycles. The zero-order valence-electron chi connectivity index (χ0n) is 10.0. The van der Waals surface area contributed by atoms with Gasteiger partial charge in [-0.2, -0.15) is 0 Å². The maximum atomic E-state index is 5.98. The van der Waals surface area contributed by atoms with Crippen molar-refractivity contribution in [3.8, 4) is 5.75 Å². The lowest BCUT2D eigenvalue weighted by Gasteiger charge is -2.31. The number of benzene rings is 1. The largest absolute Gasteiger partial charge is 0.487 e. The molecule has 0 aromatic heterocycles. The first-order valence-electron chi connectivity index (χ1n) is 5.64. The third kappa shape index (κ3) is 2.58. The smallest absolute Gasteiger partial charge is 0.123 e. The second-order valence-electron chi connectivity index (χ2n) is 5.29. The minimum Gasteiger partial charge on any atom is -0.487 e.